The van der Waals surface area contributed by atoms with Crippen molar-refractivity contribution in [1.29, 1.82) is 0 Å². The summed E-state index contributed by atoms with van der Waals surface area (Å²) < 4.78 is 0. The van der Waals surface area contributed by atoms with Crippen LogP contribution in [0.3, 0.4) is 0 Å². The lowest BCUT2D eigenvalue weighted by Crippen LogP contribution is -1.95. The normalized spacial score (nSPS) is 10.4. The summed E-state index contributed by atoms with van der Waals surface area (Å²) in [5, 5.41) is 0.686. The molecule has 1 nitrogen and oxygen atoms in total. The average molecular weight is 203 g/mol. The summed E-state index contributed by atoms with van der Waals surface area (Å²) in [6.45, 7) is 0. The highest BCUT2D eigenvalue weighted by molar-refractivity contribution is 6.31. The molecule has 0 N–H and O–H groups in total. The van der Waals surface area contributed by atoms with Crippen molar-refractivity contribution < 1.29 is 0 Å². The van der Waals surface area contributed by atoms with Gasteiger partial charge in [0.05, 0.1) is 5.69 Å². The van der Waals surface area contributed by atoms with E-state index >= 15 is 0 Å². The highest BCUT2D eigenvalue weighted by Crippen LogP contribution is 2.24. The van der Waals surface area contributed by atoms with E-state index in [0.29, 0.717) is 5.38 Å². The van der Waals surface area contributed by atoms with Crippen LogP contribution in [0.4, 0.5) is 0 Å². The quantitative estimate of drug-likeness (QED) is 0.729. The zero-order valence-corrected chi connectivity index (χ0v) is 8.28. The monoisotopic (exact) mass is 202 g/mol. The van der Waals surface area contributed by atoms with Crippen LogP contribution in [0.2, 0.25) is 0 Å². The number of halogens is 1. The van der Waals surface area contributed by atoms with E-state index in [4.69, 9.17) is 11.6 Å². The van der Waals surface area contributed by atoms with Crippen molar-refractivity contribution in [2.45, 2.75) is 0 Å². The van der Waals surface area contributed by atoms with Crippen molar-refractivity contribution in [3.8, 4) is 0 Å². The van der Waals surface area contributed by atoms with E-state index in [9.17, 15) is 0 Å². The van der Waals surface area contributed by atoms with Gasteiger partial charge in [0, 0.05) is 6.20 Å². The molecule has 0 atom stereocenters. The van der Waals surface area contributed by atoms with Gasteiger partial charge < -0.3 is 0 Å². The van der Waals surface area contributed by atoms with Crippen molar-refractivity contribution in [1.82, 2.24) is 4.98 Å². The molecule has 1 aromatic carbocycles. The van der Waals surface area contributed by atoms with Gasteiger partial charge in [0.2, 0.25) is 0 Å². The predicted molar refractivity (Wildman–Crippen MR) is 58.0 cm³/mol. The second-order valence-corrected chi connectivity index (χ2v) is 3.27. The molecule has 0 unspecified atom stereocenters. The van der Waals surface area contributed by atoms with Crippen LogP contribution in [0.5, 0.6) is 0 Å². The Morgan fingerprint density at radius 2 is 1.64 bits per heavy atom. The molecule has 0 bridgehead atoms. The third-order valence-electron chi connectivity index (χ3n) is 1.92. The minimum absolute atomic E-state index is 0.686. The van der Waals surface area contributed by atoms with Crippen molar-refractivity contribution in [2.75, 3.05) is 0 Å². The average Bonchev–Trinajstić information content (AvgIpc) is 2.30. The van der Waals surface area contributed by atoms with Gasteiger partial charge in [-0.25, -0.2) is 0 Å². The van der Waals surface area contributed by atoms with Crippen LogP contribution in [-0.4, -0.2) is 4.98 Å². The molecule has 0 saturated heterocycles. The summed E-state index contributed by atoms with van der Waals surface area (Å²) in [7, 11) is 0. The fourth-order valence-electron chi connectivity index (χ4n) is 1.22. The Hall–Kier alpha value is -1.34. The largest absolute Gasteiger partial charge is 0.259 e. The highest BCUT2D eigenvalue weighted by Gasteiger charge is 2.11. The van der Waals surface area contributed by atoms with E-state index in [1.165, 1.54) is 0 Å². The van der Waals surface area contributed by atoms with Gasteiger partial charge in [-0.2, -0.15) is 0 Å². The maximum atomic E-state index is 6.19. The van der Waals surface area contributed by atoms with Gasteiger partial charge in [-0.1, -0.05) is 36.4 Å². The second-order valence-electron chi connectivity index (χ2n) is 2.89. The van der Waals surface area contributed by atoms with Crippen LogP contribution in [0.25, 0.3) is 0 Å². The molecule has 1 aromatic heterocycles. The van der Waals surface area contributed by atoms with Crippen molar-refractivity contribution >= 4 is 11.6 Å². The molecule has 0 spiro atoms. The first-order valence-electron chi connectivity index (χ1n) is 4.37. The van der Waals surface area contributed by atoms with Crippen LogP contribution in [-0.2, 0) is 0 Å². The Morgan fingerprint density at radius 1 is 0.929 bits per heavy atom. The second kappa shape index (κ2) is 4.25. The lowest BCUT2D eigenvalue weighted by Gasteiger charge is -2.06. The molecular weight excluding hydrogens is 194 g/mol. The lowest BCUT2D eigenvalue weighted by molar-refractivity contribution is 1.19. The Balaban J connectivity index is 2.30. The summed E-state index contributed by atoms with van der Waals surface area (Å²) in [5.74, 6) is 0. The number of pyridine rings is 1. The van der Waals surface area contributed by atoms with Gasteiger partial charge >= 0.3 is 0 Å². The molecule has 1 radical (unpaired) electrons. The molecule has 69 valence electrons. The van der Waals surface area contributed by atoms with Crippen LogP contribution in [0.15, 0.2) is 54.7 Å². The van der Waals surface area contributed by atoms with Crippen LogP contribution < -0.4 is 0 Å². The van der Waals surface area contributed by atoms with Gasteiger partial charge in [0.15, 0.2) is 0 Å². The first-order chi connectivity index (χ1) is 6.88. The van der Waals surface area contributed by atoms with Crippen molar-refractivity contribution in [3.63, 3.8) is 0 Å². The standard InChI is InChI=1S/C12H9ClN/c13-12(10-6-2-1-3-7-10)11-8-4-5-9-14-11/h1-9H. The van der Waals surface area contributed by atoms with E-state index in [-0.39, 0.29) is 0 Å². The number of hydrogen-bond acceptors (Lipinski definition) is 1. The molecule has 2 rings (SSSR count). The molecule has 2 aromatic rings. The van der Waals surface area contributed by atoms with Gasteiger partial charge in [-0.15, -0.1) is 11.6 Å². The Kier molecular flexibility index (Phi) is 2.80. The Bertz CT molecular complexity index is 346. The highest BCUT2D eigenvalue weighted by atomic mass is 35.5. The van der Waals surface area contributed by atoms with Gasteiger partial charge in [0.25, 0.3) is 0 Å². The van der Waals surface area contributed by atoms with Crippen LogP contribution >= 0.6 is 11.6 Å². The van der Waals surface area contributed by atoms with Crippen LogP contribution in [0, 0.1) is 5.38 Å². The maximum Gasteiger partial charge on any atom is 0.140 e. The summed E-state index contributed by atoms with van der Waals surface area (Å²) in [5.41, 5.74) is 1.80. The van der Waals surface area contributed by atoms with Crippen molar-refractivity contribution in [2.24, 2.45) is 0 Å². The van der Waals surface area contributed by atoms with E-state index in [2.05, 4.69) is 4.98 Å². The molecule has 0 saturated carbocycles. The van der Waals surface area contributed by atoms with E-state index in [0.717, 1.165) is 11.3 Å². The third kappa shape index (κ3) is 1.94. The zero-order chi connectivity index (χ0) is 9.80. The van der Waals surface area contributed by atoms with Gasteiger partial charge in [-0.3, -0.25) is 4.98 Å². The molecule has 0 amide bonds. The number of benzene rings is 1. The minimum atomic E-state index is 0.686. The van der Waals surface area contributed by atoms with Gasteiger partial charge in [-0.05, 0) is 17.7 Å². The molecule has 0 aliphatic rings. The molecule has 2 heteroatoms. The predicted octanol–water partition coefficient (Wildman–Crippen LogP) is 3.25. The SMILES string of the molecule is Cl[C](c1ccccc1)c1ccccn1. The smallest absolute Gasteiger partial charge is 0.140 e. The molecule has 0 aliphatic carbocycles. The fraction of sp³-hybridized carbons (Fsp3) is 0. The van der Waals surface area contributed by atoms with Gasteiger partial charge in [0.1, 0.15) is 5.38 Å². The fourth-order valence-corrected chi connectivity index (χ4v) is 1.46. The van der Waals surface area contributed by atoms with E-state index in [1.54, 1.807) is 6.20 Å². The van der Waals surface area contributed by atoms with Crippen LogP contribution in [0.1, 0.15) is 11.3 Å². The summed E-state index contributed by atoms with van der Waals surface area (Å²) in [6, 6.07) is 15.5. The molecule has 14 heavy (non-hydrogen) atoms. The number of hydrogen-bond donors (Lipinski definition) is 0. The van der Waals surface area contributed by atoms with E-state index < -0.39 is 0 Å². The molecule has 0 aliphatic heterocycles. The molecule has 1 heterocycles. The Labute approximate surface area is 88.4 Å². The lowest BCUT2D eigenvalue weighted by atomic mass is 10.1. The number of rotatable bonds is 2. The first-order valence-corrected chi connectivity index (χ1v) is 4.75. The first kappa shape index (κ1) is 9.22. The summed E-state index contributed by atoms with van der Waals surface area (Å²) >= 11 is 6.19. The summed E-state index contributed by atoms with van der Waals surface area (Å²) in [6.07, 6.45) is 1.74. The number of aromatic nitrogens is 1. The topological polar surface area (TPSA) is 12.9 Å². The molecular formula is C12H9ClN. The third-order valence-corrected chi connectivity index (χ3v) is 2.33. The Morgan fingerprint density at radius 3 is 2.29 bits per heavy atom. The summed E-state index contributed by atoms with van der Waals surface area (Å²) in [4.78, 5) is 4.19. The van der Waals surface area contributed by atoms with Crippen molar-refractivity contribution in [3.05, 3.63) is 71.4 Å². The molecule has 0 fully saturated rings. The minimum Gasteiger partial charge on any atom is -0.259 e. The van der Waals surface area contributed by atoms with E-state index in [1.807, 2.05) is 48.5 Å². The maximum absolute atomic E-state index is 6.19. The number of nitrogens with zero attached hydrogens (tertiary/aromatic N) is 1. The zero-order valence-electron chi connectivity index (χ0n) is 7.52.